The van der Waals surface area contributed by atoms with Crippen LogP contribution in [-0.2, 0) is 14.3 Å². The quantitative estimate of drug-likeness (QED) is 0.780. The van der Waals surface area contributed by atoms with E-state index in [1.165, 1.54) is 23.8 Å². The van der Waals surface area contributed by atoms with Gasteiger partial charge in [-0.25, -0.2) is 4.79 Å². The first-order valence-electron chi connectivity index (χ1n) is 7.01. The largest absolute Gasteiger partial charge is 0.479 e. The number of carboxylic acid groups (broad SMARTS) is 1. The van der Waals surface area contributed by atoms with Crippen LogP contribution in [-0.4, -0.2) is 65.2 Å². The van der Waals surface area contributed by atoms with Gasteiger partial charge in [0.1, 0.15) is 6.04 Å². The van der Waals surface area contributed by atoms with Gasteiger partial charge in [0.2, 0.25) is 5.91 Å². The summed E-state index contributed by atoms with van der Waals surface area (Å²) in [4.78, 5) is 37.1. The highest BCUT2D eigenvalue weighted by Crippen LogP contribution is 2.23. The fraction of sp³-hybridized carbons (Fsp3) is 0.400. The van der Waals surface area contributed by atoms with Gasteiger partial charge in [-0.05, 0) is 12.1 Å². The Labute approximate surface area is 138 Å². The summed E-state index contributed by atoms with van der Waals surface area (Å²) in [6.45, 7) is -0.140. The number of benzene rings is 1. The van der Waals surface area contributed by atoms with E-state index in [-0.39, 0.29) is 18.4 Å². The van der Waals surface area contributed by atoms with Crippen molar-refractivity contribution in [1.82, 2.24) is 10.2 Å². The van der Waals surface area contributed by atoms with Gasteiger partial charge in [0, 0.05) is 18.4 Å². The molecule has 124 valence electrons. The summed E-state index contributed by atoms with van der Waals surface area (Å²) in [6.07, 6.45) is -1.11. The number of nitrogens with one attached hydrogen (secondary N) is 1. The molecule has 0 saturated carbocycles. The SMILES string of the molecule is COC(CNC(=O)C1CSCN1C(=O)c1ccccc1)C(=O)O. The zero-order chi connectivity index (χ0) is 16.8. The van der Waals surface area contributed by atoms with Crippen molar-refractivity contribution < 1.29 is 24.2 Å². The molecule has 23 heavy (non-hydrogen) atoms. The van der Waals surface area contributed by atoms with Gasteiger partial charge in [-0.2, -0.15) is 0 Å². The summed E-state index contributed by atoms with van der Waals surface area (Å²) in [5.74, 6) is -0.821. The van der Waals surface area contributed by atoms with E-state index in [2.05, 4.69) is 5.32 Å². The van der Waals surface area contributed by atoms with E-state index in [0.717, 1.165) is 0 Å². The molecule has 0 aliphatic carbocycles. The topological polar surface area (TPSA) is 95.9 Å². The summed E-state index contributed by atoms with van der Waals surface area (Å²) in [5.41, 5.74) is 0.521. The van der Waals surface area contributed by atoms with Gasteiger partial charge in [0.05, 0.1) is 12.4 Å². The molecular formula is C15H18N2O5S. The van der Waals surface area contributed by atoms with Crippen LogP contribution in [0.3, 0.4) is 0 Å². The van der Waals surface area contributed by atoms with Gasteiger partial charge in [0.25, 0.3) is 5.91 Å². The lowest BCUT2D eigenvalue weighted by Crippen LogP contribution is -2.49. The highest BCUT2D eigenvalue weighted by molar-refractivity contribution is 7.99. The molecule has 1 aliphatic rings. The van der Waals surface area contributed by atoms with Crippen LogP contribution in [0.4, 0.5) is 0 Å². The van der Waals surface area contributed by atoms with Crippen molar-refractivity contribution in [1.29, 1.82) is 0 Å². The molecule has 1 saturated heterocycles. The Kier molecular flexibility index (Phi) is 6.00. The van der Waals surface area contributed by atoms with Gasteiger partial charge < -0.3 is 20.1 Å². The third-order valence-corrected chi connectivity index (χ3v) is 4.50. The van der Waals surface area contributed by atoms with Crippen LogP contribution in [0.25, 0.3) is 0 Å². The Balaban J connectivity index is 1.99. The van der Waals surface area contributed by atoms with Gasteiger partial charge in [-0.3, -0.25) is 9.59 Å². The van der Waals surface area contributed by atoms with E-state index < -0.39 is 18.1 Å². The number of hydrogen-bond acceptors (Lipinski definition) is 5. The van der Waals surface area contributed by atoms with Crippen molar-refractivity contribution in [3.8, 4) is 0 Å². The van der Waals surface area contributed by atoms with Gasteiger partial charge in [-0.15, -0.1) is 11.8 Å². The van der Waals surface area contributed by atoms with Crippen LogP contribution in [0.15, 0.2) is 30.3 Å². The number of methoxy groups -OCH3 is 1. The summed E-state index contributed by atoms with van der Waals surface area (Å²) in [6, 6.07) is 8.13. The number of ether oxygens (including phenoxy) is 1. The average Bonchev–Trinajstić information content (AvgIpc) is 3.04. The molecular weight excluding hydrogens is 320 g/mol. The van der Waals surface area contributed by atoms with Crippen LogP contribution in [0.2, 0.25) is 0 Å². The molecule has 0 aromatic heterocycles. The Morgan fingerprint density at radius 1 is 1.39 bits per heavy atom. The number of carbonyl (C=O) groups is 3. The van der Waals surface area contributed by atoms with E-state index in [1.807, 2.05) is 6.07 Å². The van der Waals surface area contributed by atoms with Gasteiger partial charge in [-0.1, -0.05) is 18.2 Å². The Morgan fingerprint density at radius 2 is 2.09 bits per heavy atom. The van der Waals surface area contributed by atoms with Crippen LogP contribution in [0, 0.1) is 0 Å². The summed E-state index contributed by atoms with van der Waals surface area (Å²) in [7, 11) is 1.27. The van der Waals surface area contributed by atoms with E-state index in [9.17, 15) is 14.4 Å². The summed E-state index contributed by atoms with van der Waals surface area (Å²) in [5, 5.41) is 11.4. The fourth-order valence-corrected chi connectivity index (χ4v) is 3.34. The smallest absolute Gasteiger partial charge is 0.334 e. The summed E-state index contributed by atoms with van der Waals surface area (Å²) >= 11 is 1.48. The maximum atomic E-state index is 12.5. The van der Waals surface area contributed by atoms with E-state index >= 15 is 0 Å². The zero-order valence-corrected chi connectivity index (χ0v) is 13.4. The lowest BCUT2D eigenvalue weighted by molar-refractivity contribution is -0.148. The number of rotatable bonds is 6. The first-order chi connectivity index (χ1) is 11.0. The number of carbonyl (C=O) groups excluding carboxylic acids is 2. The van der Waals surface area contributed by atoms with Gasteiger partial charge in [0.15, 0.2) is 6.10 Å². The van der Waals surface area contributed by atoms with E-state index in [4.69, 9.17) is 9.84 Å². The second-order valence-electron chi connectivity index (χ2n) is 4.96. The lowest BCUT2D eigenvalue weighted by atomic mass is 10.1. The predicted molar refractivity (Wildman–Crippen MR) is 85.2 cm³/mol. The van der Waals surface area contributed by atoms with Crippen LogP contribution >= 0.6 is 11.8 Å². The molecule has 1 fully saturated rings. The van der Waals surface area contributed by atoms with E-state index in [1.54, 1.807) is 24.3 Å². The molecule has 0 spiro atoms. The first kappa shape index (κ1) is 17.3. The number of carboxylic acids is 1. The Bertz CT molecular complexity index is 580. The maximum absolute atomic E-state index is 12.5. The number of nitrogens with zero attached hydrogens (tertiary/aromatic N) is 1. The van der Waals surface area contributed by atoms with E-state index in [0.29, 0.717) is 17.2 Å². The maximum Gasteiger partial charge on any atom is 0.334 e. The third kappa shape index (κ3) is 4.23. The number of hydrogen-bond donors (Lipinski definition) is 2. The molecule has 0 bridgehead atoms. The Hall–Kier alpha value is -2.06. The monoisotopic (exact) mass is 338 g/mol. The molecule has 1 aromatic rings. The van der Waals surface area contributed by atoms with Crippen molar-refractivity contribution in [2.75, 3.05) is 25.3 Å². The highest BCUT2D eigenvalue weighted by Gasteiger charge is 2.35. The molecule has 0 radical (unpaired) electrons. The fourth-order valence-electron chi connectivity index (χ4n) is 2.19. The molecule has 1 heterocycles. The van der Waals surface area contributed by atoms with Crippen LogP contribution < -0.4 is 5.32 Å². The van der Waals surface area contributed by atoms with Crippen molar-refractivity contribution in [3.05, 3.63) is 35.9 Å². The van der Waals surface area contributed by atoms with Crippen LogP contribution in [0.1, 0.15) is 10.4 Å². The number of thioether (sulfide) groups is 1. The molecule has 1 aromatic carbocycles. The highest BCUT2D eigenvalue weighted by atomic mass is 32.2. The minimum Gasteiger partial charge on any atom is -0.479 e. The number of aliphatic carboxylic acids is 1. The van der Waals surface area contributed by atoms with Gasteiger partial charge >= 0.3 is 5.97 Å². The Morgan fingerprint density at radius 3 is 2.70 bits per heavy atom. The standard InChI is InChI=1S/C15H18N2O5S/c1-22-12(15(20)21)7-16-13(18)11-8-23-9-17(11)14(19)10-5-3-2-4-6-10/h2-6,11-12H,7-9H2,1H3,(H,16,18)(H,20,21). The molecule has 2 atom stereocenters. The molecule has 2 rings (SSSR count). The number of amides is 2. The third-order valence-electron chi connectivity index (χ3n) is 3.49. The first-order valence-corrected chi connectivity index (χ1v) is 8.17. The minimum atomic E-state index is -1.15. The molecule has 8 heteroatoms. The molecule has 2 amide bonds. The second-order valence-corrected chi connectivity index (χ2v) is 5.96. The summed E-state index contributed by atoms with van der Waals surface area (Å²) < 4.78 is 4.77. The van der Waals surface area contributed by atoms with Crippen molar-refractivity contribution in [2.45, 2.75) is 12.1 Å². The van der Waals surface area contributed by atoms with Crippen molar-refractivity contribution >= 4 is 29.5 Å². The average molecular weight is 338 g/mol. The van der Waals surface area contributed by atoms with Crippen molar-refractivity contribution in [2.24, 2.45) is 0 Å². The zero-order valence-electron chi connectivity index (χ0n) is 12.6. The normalized spacial score (nSPS) is 18.5. The predicted octanol–water partition coefficient (Wildman–Crippen LogP) is 0.417. The van der Waals surface area contributed by atoms with Crippen LogP contribution in [0.5, 0.6) is 0 Å². The molecule has 7 nitrogen and oxygen atoms in total. The second kappa shape index (κ2) is 7.98. The molecule has 2 unspecified atom stereocenters. The van der Waals surface area contributed by atoms with Crippen molar-refractivity contribution in [3.63, 3.8) is 0 Å². The molecule has 2 N–H and O–H groups in total. The molecule has 1 aliphatic heterocycles. The minimum absolute atomic E-state index is 0.140. The lowest BCUT2D eigenvalue weighted by Gasteiger charge is -2.23.